The number of nitrogens with zero attached hydrogens (tertiary/aromatic N) is 3. The van der Waals surface area contributed by atoms with Gasteiger partial charge in [-0.1, -0.05) is 43.2 Å². The van der Waals surface area contributed by atoms with Gasteiger partial charge in [0, 0.05) is 31.9 Å². The second-order valence-electron chi connectivity index (χ2n) is 7.05. The smallest absolute Gasteiger partial charge is 0.220 e. The highest BCUT2D eigenvalue weighted by Crippen LogP contribution is 2.23. The molecule has 140 valence electrons. The fraction of sp³-hybridized carbons (Fsp3) is 0.524. The van der Waals surface area contributed by atoms with E-state index in [9.17, 15) is 4.79 Å². The van der Waals surface area contributed by atoms with E-state index in [0.717, 1.165) is 26.1 Å². The zero-order valence-electron chi connectivity index (χ0n) is 15.5. The minimum absolute atomic E-state index is 0.132. The molecule has 1 aliphatic rings. The van der Waals surface area contributed by atoms with Crippen LogP contribution in [0.4, 0.5) is 0 Å². The molecule has 0 unspecified atom stereocenters. The molecule has 2 heterocycles. The van der Waals surface area contributed by atoms with Crippen LogP contribution in [0.1, 0.15) is 50.1 Å². The second-order valence-corrected chi connectivity index (χ2v) is 7.05. The Morgan fingerprint density at radius 3 is 2.54 bits per heavy atom. The maximum absolute atomic E-state index is 12.3. The van der Waals surface area contributed by atoms with Gasteiger partial charge in [-0.2, -0.15) is 5.10 Å². The van der Waals surface area contributed by atoms with Crippen LogP contribution in [0, 0.1) is 0 Å². The molecule has 1 atom stereocenters. The molecule has 5 nitrogen and oxygen atoms in total. The van der Waals surface area contributed by atoms with E-state index in [4.69, 9.17) is 0 Å². The Balaban J connectivity index is 1.52. The Hall–Kier alpha value is -2.14. The van der Waals surface area contributed by atoms with E-state index < -0.39 is 0 Å². The second kappa shape index (κ2) is 10.1. The Morgan fingerprint density at radius 1 is 1.08 bits per heavy atom. The predicted molar refractivity (Wildman–Crippen MR) is 104 cm³/mol. The largest absolute Gasteiger partial charge is 0.354 e. The van der Waals surface area contributed by atoms with Crippen molar-refractivity contribution in [2.75, 3.05) is 19.6 Å². The third-order valence-corrected chi connectivity index (χ3v) is 5.11. The lowest BCUT2D eigenvalue weighted by Crippen LogP contribution is -2.38. The van der Waals surface area contributed by atoms with Crippen molar-refractivity contribution < 1.29 is 4.79 Å². The minimum atomic E-state index is 0.132. The van der Waals surface area contributed by atoms with Crippen LogP contribution < -0.4 is 5.32 Å². The number of carbonyl (C=O) groups is 1. The zero-order valence-corrected chi connectivity index (χ0v) is 15.5. The number of benzene rings is 1. The molecule has 5 heteroatoms. The summed E-state index contributed by atoms with van der Waals surface area (Å²) in [5.74, 6) is 0.132. The normalized spacial score (nSPS) is 16.8. The molecule has 2 aromatic rings. The SMILES string of the molecule is O=C(CCCn1cccn1)NC[C@H](c1ccccc1)N1CCCCCC1. The lowest BCUT2D eigenvalue weighted by molar-refractivity contribution is -0.121. The van der Waals surface area contributed by atoms with Gasteiger partial charge in [-0.15, -0.1) is 0 Å². The van der Waals surface area contributed by atoms with Gasteiger partial charge in [0.2, 0.25) is 5.91 Å². The number of aryl methyl sites for hydroxylation is 1. The standard InChI is InChI=1S/C21H30N4O/c26-21(12-8-16-25-17-9-13-23-25)22-18-20(19-10-4-3-5-11-19)24-14-6-1-2-7-15-24/h3-5,9-11,13,17,20H,1-2,6-8,12,14-16,18H2,(H,22,26)/t20-/m1/s1. The van der Waals surface area contributed by atoms with E-state index in [-0.39, 0.29) is 11.9 Å². The first-order valence-corrected chi connectivity index (χ1v) is 9.86. The van der Waals surface area contributed by atoms with Crippen molar-refractivity contribution in [2.45, 2.75) is 51.1 Å². The van der Waals surface area contributed by atoms with Crippen LogP contribution in [0.25, 0.3) is 0 Å². The molecule has 1 saturated heterocycles. The number of rotatable bonds is 8. The van der Waals surface area contributed by atoms with Crippen molar-refractivity contribution in [1.29, 1.82) is 0 Å². The van der Waals surface area contributed by atoms with Gasteiger partial charge in [0.1, 0.15) is 0 Å². The summed E-state index contributed by atoms with van der Waals surface area (Å²) >= 11 is 0. The number of carbonyl (C=O) groups excluding carboxylic acids is 1. The summed E-state index contributed by atoms with van der Waals surface area (Å²) in [7, 11) is 0. The average Bonchev–Trinajstić information content (AvgIpc) is 3.04. The fourth-order valence-corrected chi connectivity index (χ4v) is 3.67. The maximum Gasteiger partial charge on any atom is 0.220 e. The molecule has 3 rings (SSSR count). The number of nitrogens with one attached hydrogen (secondary N) is 1. The van der Waals surface area contributed by atoms with Gasteiger partial charge in [-0.3, -0.25) is 14.4 Å². The molecule has 1 amide bonds. The molecule has 0 radical (unpaired) electrons. The van der Waals surface area contributed by atoms with Gasteiger partial charge < -0.3 is 5.32 Å². The summed E-state index contributed by atoms with van der Waals surface area (Å²) in [5.41, 5.74) is 1.30. The highest BCUT2D eigenvalue weighted by atomic mass is 16.1. The van der Waals surface area contributed by atoms with Crippen molar-refractivity contribution in [3.63, 3.8) is 0 Å². The van der Waals surface area contributed by atoms with Gasteiger partial charge in [0.05, 0.1) is 6.04 Å². The van der Waals surface area contributed by atoms with Crippen LogP contribution in [0.15, 0.2) is 48.8 Å². The van der Waals surface area contributed by atoms with E-state index in [2.05, 4.69) is 45.6 Å². The molecule has 0 saturated carbocycles. The van der Waals surface area contributed by atoms with Crippen LogP contribution in [-0.2, 0) is 11.3 Å². The molecule has 1 N–H and O–H groups in total. The first-order valence-electron chi connectivity index (χ1n) is 9.86. The topological polar surface area (TPSA) is 50.2 Å². The van der Waals surface area contributed by atoms with Gasteiger partial charge in [-0.25, -0.2) is 0 Å². The molecule has 0 spiro atoms. The van der Waals surface area contributed by atoms with Crippen LogP contribution >= 0.6 is 0 Å². The van der Waals surface area contributed by atoms with Gasteiger partial charge in [-0.05, 0) is 44.0 Å². The third-order valence-electron chi connectivity index (χ3n) is 5.11. The van der Waals surface area contributed by atoms with Crippen molar-refractivity contribution in [3.8, 4) is 0 Å². The Labute approximate surface area is 156 Å². The molecule has 1 aliphatic heterocycles. The Bertz CT molecular complexity index is 633. The molecular formula is C21H30N4O. The zero-order chi connectivity index (χ0) is 18.0. The van der Waals surface area contributed by atoms with E-state index in [1.165, 1.54) is 31.2 Å². The van der Waals surface area contributed by atoms with Crippen LogP contribution in [-0.4, -0.2) is 40.2 Å². The third kappa shape index (κ3) is 5.70. The van der Waals surface area contributed by atoms with E-state index in [0.29, 0.717) is 13.0 Å². The lowest BCUT2D eigenvalue weighted by Gasteiger charge is -2.31. The van der Waals surface area contributed by atoms with E-state index in [1.54, 1.807) is 6.20 Å². The number of aromatic nitrogens is 2. The summed E-state index contributed by atoms with van der Waals surface area (Å²) in [5, 5.41) is 7.34. The minimum Gasteiger partial charge on any atom is -0.354 e. The van der Waals surface area contributed by atoms with E-state index in [1.807, 2.05) is 16.9 Å². The molecule has 0 aliphatic carbocycles. The summed E-state index contributed by atoms with van der Waals surface area (Å²) in [6.45, 7) is 3.71. The van der Waals surface area contributed by atoms with Crippen molar-refractivity contribution in [2.24, 2.45) is 0 Å². The first kappa shape index (κ1) is 18.6. The molecule has 1 fully saturated rings. The molecule has 1 aromatic heterocycles. The Morgan fingerprint density at radius 2 is 1.85 bits per heavy atom. The van der Waals surface area contributed by atoms with Gasteiger partial charge in [0.25, 0.3) is 0 Å². The average molecular weight is 354 g/mol. The van der Waals surface area contributed by atoms with Crippen molar-refractivity contribution >= 4 is 5.91 Å². The number of likely N-dealkylation sites (tertiary alicyclic amines) is 1. The van der Waals surface area contributed by atoms with Crippen molar-refractivity contribution in [3.05, 3.63) is 54.4 Å². The van der Waals surface area contributed by atoms with Crippen molar-refractivity contribution in [1.82, 2.24) is 20.0 Å². The fourth-order valence-electron chi connectivity index (χ4n) is 3.67. The molecule has 26 heavy (non-hydrogen) atoms. The Kier molecular flexibility index (Phi) is 7.25. The lowest BCUT2D eigenvalue weighted by atomic mass is 10.0. The summed E-state index contributed by atoms with van der Waals surface area (Å²) in [6.07, 6.45) is 10.2. The number of hydrogen-bond acceptors (Lipinski definition) is 3. The van der Waals surface area contributed by atoms with Gasteiger partial charge in [0.15, 0.2) is 0 Å². The summed E-state index contributed by atoms with van der Waals surface area (Å²) < 4.78 is 1.87. The highest BCUT2D eigenvalue weighted by Gasteiger charge is 2.21. The summed E-state index contributed by atoms with van der Waals surface area (Å²) in [4.78, 5) is 14.8. The van der Waals surface area contributed by atoms with Crippen LogP contribution in [0.5, 0.6) is 0 Å². The predicted octanol–water partition coefficient (Wildman–Crippen LogP) is 3.40. The molecular weight excluding hydrogens is 324 g/mol. The summed E-state index contributed by atoms with van der Waals surface area (Å²) in [6, 6.07) is 12.8. The quantitative estimate of drug-likeness (QED) is 0.790. The first-order chi connectivity index (χ1) is 12.8. The number of hydrogen-bond donors (Lipinski definition) is 1. The highest BCUT2D eigenvalue weighted by molar-refractivity contribution is 5.75. The van der Waals surface area contributed by atoms with Crippen LogP contribution in [0.3, 0.4) is 0 Å². The number of amides is 1. The van der Waals surface area contributed by atoms with Crippen LogP contribution in [0.2, 0.25) is 0 Å². The van der Waals surface area contributed by atoms with E-state index >= 15 is 0 Å². The maximum atomic E-state index is 12.3. The monoisotopic (exact) mass is 354 g/mol. The molecule has 0 bridgehead atoms. The molecule has 1 aromatic carbocycles. The van der Waals surface area contributed by atoms with Gasteiger partial charge >= 0.3 is 0 Å².